The van der Waals surface area contributed by atoms with Crippen molar-refractivity contribution in [3.8, 4) is 5.75 Å². The largest absolute Gasteiger partial charge is 0.475 e. The molecular formula is C12H16OS. The van der Waals surface area contributed by atoms with Crippen LogP contribution in [0.4, 0.5) is 0 Å². The summed E-state index contributed by atoms with van der Waals surface area (Å²) in [5.74, 6) is 1.06. The standard InChI is InChI=1S/C12H16OS/c1-3-9-12(4-2)13-10-7-5-6-8-11(10)14-12/h5-8H,3-4,9H2,1-2H3. The van der Waals surface area contributed by atoms with Gasteiger partial charge in [-0.15, -0.1) is 0 Å². The van der Waals surface area contributed by atoms with Crippen molar-refractivity contribution in [3.63, 3.8) is 0 Å². The molecule has 0 aromatic heterocycles. The lowest BCUT2D eigenvalue weighted by molar-refractivity contribution is 0.157. The van der Waals surface area contributed by atoms with Gasteiger partial charge in [0, 0.05) is 0 Å². The number of hydrogen-bond acceptors (Lipinski definition) is 2. The molecule has 1 nitrogen and oxygen atoms in total. The highest BCUT2D eigenvalue weighted by molar-refractivity contribution is 8.00. The van der Waals surface area contributed by atoms with Gasteiger partial charge in [-0.1, -0.05) is 44.2 Å². The number of hydrogen-bond donors (Lipinski definition) is 0. The molecule has 1 aromatic carbocycles. The molecule has 0 fully saturated rings. The molecule has 0 N–H and O–H groups in total. The minimum atomic E-state index is 0.0123. The Labute approximate surface area is 89.9 Å². The highest BCUT2D eigenvalue weighted by Crippen LogP contribution is 2.50. The van der Waals surface area contributed by atoms with Gasteiger partial charge in [0.25, 0.3) is 0 Å². The fourth-order valence-electron chi connectivity index (χ4n) is 1.84. The van der Waals surface area contributed by atoms with Crippen LogP contribution in [0, 0.1) is 0 Å². The molecule has 1 aliphatic rings. The average molecular weight is 208 g/mol. The summed E-state index contributed by atoms with van der Waals surface area (Å²) in [6.07, 6.45) is 3.37. The number of rotatable bonds is 3. The van der Waals surface area contributed by atoms with Gasteiger partial charge in [0.05, 0.1) is 4.90 Å². The van der Waals surface area contributed by atoms with E-state index in [1.807, 2.05) is 17.8 Å². The Bertz CT molecular complexity index is 297. The predicted molar refractivity (Wildman–Crippen MR) is 60.9 cm³/mol. The van der Waals surface area contributed by atoms with Gasteiger partial charge >= 0.3 is 0 Å². The normalized spacial score (nSPS) is 24.4. The smallest absolute Gasteiger partial charge is 0.158 e. The van der Waals surface area contributed by atoms with Crippen molar-refractivity contribution >= 4 is 11.8 Å². The highest BCUT2D eigenvalue weighted by atomic mass is 32.2. The second kappa shape index (κ2) is 3.85. The van der Waals surface area contributed by atoms with Crippen LogP contribution in [0.2, 0.25) is 0 Å². The molecule has 1 aliphatic heterocycles. The zero-order valence-corrected chi connectivity index (χ0v) is 9.56. The number of thioether (sulfide) groups is 1. The van der Waals surface area contributed by atoms with Gasteiger partial charge in [-0.3, -0.25) is 0 Å². The van der Waals surface area contributed by atoms with Gasteiger partial charge in [0.2, 0.25) is 0 Å². The summed E-state index contributed by atoms with van der Waals surface area (Å²) in [6.45, 7) is 4.42. The molecule has 1 unspecified atom stereocenters. The molecule has 2 rings (SSSR count). The molecule has 2 heteroatoms. The zero-order chi connectivity index (χ0) is 10.0. The molecule has 14 heavy (non-hydrogen) atoms. The van der Waals surface area contributed by atoms with Crippen LogP contribution in [0.1, 0.15) is 33.1 Å². The summed E-state index contributed by atoms with van der Waals surface area (Å²) in [7, 11) is 0. The number of ether oxygens (including phenoxy) is 1. The zero-order valence-electron chi connectivity index (χ0n) is 8.75. The summed E-state index contributed by atoms with van der Waals surface area (Å²) in [5.41, 5.74) is 0. The van der Waals surface area contributed by atoms with Crippen molar-refractivity contribution in [1.29, 1.82) is 0 Å². The topological polar surface area (TPSA) is 9.23 Å². The van der Waals surface area contributed by atoms with Crippen LogP contribution in [0.15, 0.2) is 29.2 Å². The minimum absolute atomic E-state index is 0.0123. The first kappa shape index (κ1) is 9.91. The Morgan fingerprint density at radius 2 is 2.07 bits per heavy atom. The second-order valence-electron chi connectivity index (χ2n) is 3.67. The van der Waals surface area contributed by atoms with Crippen LogP contribution in [0.3, 0.4) is 0 Å². The maximum absolute atomic E-state index is 6.05. The minimum Gasteiger partial charge on any atom is -0.475 e. The Kier molecular flexibility index (Phi) is 2.73. The van der Waals surface area contributed by atoms with Crippen molar-refractivity contribution < 1.29 is 4.74 Å². The lowest BCUT2D eigenvalue weighted by Crippen LogP contribution is -2.27. The maximum Gasteiger partial charge on any atom is 0.158 e. The van der Waals surface area contributed by atoms with E-state index in [1.165, 1.54) is 11.3 Å². The lowest BCUT2D eigenvalue weighted by Gasteiger charge is -2.25. The molecule has 0 saturated heterocycles. The SMILES string of the molecule is CCCC1(CC)Oc2ccccc2S1. The summed E-state index contributed by atoms with van der Waals surface area (Å²) in [4.78, 5) is 1.31. The molecule has 1 atom stereocenters. The number of para-hydroxylation sites is 1. The van der Waals surface area contributed by atoms with Crippen molar-refractivity contribution in [2.75, 3.05) is 0 Å². The van der Waals surface area contributed by atoms with Crippen LogP contribution in [-0.2, 0) is 0 Å². The Hall–Kier alpha value is -0.630. The molecule has 0 bridgehead atoms. The third kappa shape index (κ3) is 1.63. The van der Waals surface area contributed by atoms with Crippen molar-refractivity contribution in [2.24, 2.45) is 0 Å². The third-order valence-electron chi connectivity index (χ3n) is 2.61. The van der Waals surface area contributed by atoms with Gasteiger partial charge in [-0.25, -0.2) is 0 Å². The number of benzene rings is 1. The molecular weight excluding hydrogens is 192 g/mol. The van der Waals surface area contributed by atoms with E-state index in [0.29, 0.717) is 0 Å². The monoisotopic (exact) mass is 208 g/mol. The van der Waals surface area contributed by atoms with E-state index in [2.05, 4.69) is 32.0 Å². The van der Waals surface area contributed by atoms with E-state index in [1.54, 1.807) is 0 Å². The Balaban J connectivity index is 2.23. The quantitative estimate of drug-likeness (QED) is 0.740. The van der Waals surface area contributed by atoms with Gasteiger partial charge in [0.1, 0.15) is 5.75 Å². The Morgan fingerprint density at radius 1 is 1.29 bits per heavy atom. The van der Waals surface area contributed by atoms with Crippen LogP contribution < -0.4 is 4.74 Å². The van der Waals surface area contributed by atoms with E-state index in [-0.39, 0.29) is 4.93 Å². The van der Waals surface area contributed by atoms with Gasteiger partial charge in [-0.05, 0) is 25.0 Å². The van der Waals surface area contributed by atoms with Crippen molar-refractivity contribution in [1.82, 2.24) is 0 Å². The summed E-state index contributed by atoms with van der Waals surface area (Å²) in [6, 6.07) is 8.33. The lowest BCUT2D eigenvalue weighted by atomic mass is 10.1. The first-order valence-electron chi connectivity index (χ1n) is 5.27. The van der Waals surface area contributed by atoms with Gasteiger partial charge in [-0.2, -0.15) is 0 Å². The fraction of sp³-hybridized carbons (Fsp3) is 0.500. The van der Waals surface area contributed by atoms with E-state index < -0.39 is 0 Å². The molecule has 76 valence electrons. The van der Waals surface area contributed by atoms with E-state index >= 15 is 0 Å². The average Bonchev–Trinajstić information content (AvgIpc) is 2.57. The van der Waals surface area contributed by atoms with E-state index in [9.17, 15) is 0 Å². The predicted octanol–water partition coefficient (Wildman–Crippen LogP) is 4.08. The van der Waals surface area contributed by atoms with Crippen LogP contribution in [-0.4, -0.2) is 4.93 Å². The highest BCUT2D eigenvalue weighted by Gasteiger charge is 2.37. The van der Waals surface area contributed by atoms with Crippen molar-refractivity contribution in [2.45, 2.75) is 42.9 Å². The molecule has 0 radical (unpaired) electrons. The Morgan fingerprint density at radius 3 is 2.71 bits per heavy atom. The summed E-state index contributed by atoms with van der Waals surface area (Å²) < 4.78 is 6.05. The summed E-state index contributed by atoms with van der Waals surface area (Å²) in [5, 5.41) is 0. The third-order valence-corrected chi connectivity index (χ3v) is 4.12. The molecule has 0 amide bonds. The van der Waals surface area contributed by atoms with E-state index in [0.717, 1.165) is 18.6 Å². The van der Waals surface area contributed by atoms with Gasteiger partial charge in [0.15, 0.2) is 4.93 Å². The molecule has 1 heterocycles. The maximum atomic E-state index is 6.05. The summed E-state index contributed by atoms with van der Waals surface area (Å²) >= 11 is 1.89. The molecule has 1 aromatic rings. The van der Waals surface area contributed by atoms with E-state index in [4.69, 9.17) is 4.74 Å². The van der Waals surface area contributed by atoms with Crippen LogP contribution in [0.25, 0.3) is 0 Å². The fourth-order valence-corrected chi connectivity index (χ4v) is 3.18. The molecule has 0 spiro atoms. The molecule has 0 aliphatic carbocycles. The van der Waals surface area contributed by atoms with Crippen LogP contribution >= 0.6 is 11.8 Å². The molecule has 0 saturated carbocycles. The first-order chi connectivity index (χ1) is 6.79. The van der Waals surface area contributed by atoms with Crippen molar-refractivity contribution in [3.05, 3.63) is 24.3 Å². The van der Waals surface area contributed by atoms with Crippen LogP contribution in [0.5, 0.6) is 5.75 Å². The first-order valence-corrected chi connectivity index (χ1v) is 6.08. The van der Waals surface area contributed by atoms with Gasteiger partial charge < -0.3 is 4.74 Å². The number of fused-ring (bicyclic) bond motifs is 1. The second-order valence-corrected chi connectivity index (χ2v) is 5.05.